The highest BCUT2D eigenvalue weighted by molar-refractivity contribution is 6.38. The number of ether oxygens (including phenoxy) is 2. The first-order valence-corrected chi connectivity index (χ1v) is 21.3. The number of carbonyl (C=O) groups is 8. The summed E-state index contributed by atoms with van der Waals surface area (Å²) in [6.07, 6.45) is 4.49. The van der Waals surface area contributed by atoms with E-state index in [1.807, 2.05) is 30.3 Å². The van der Waals surface area contributed by atoms with Crippen LogP contribution >= 0.6 is 0 Å². The predicted molar refractivity (Wildman–Crippen MR) is 225 cm³/mol. The Morgan fingerprint density at radius 2 is 1.46 bits per heavy atom. The van der Waals surface area contributed by atoms with Gasteiger partial charge in [0.25, 0.3) is 5.91 Å². The minimum Gasteiger partial charge on any atom is -0.460 e. The first kappa shape index (κ1) is 48.0. The topological polar surface area (TPSA) is 232 Å². The van der Waals surface area contributed by atoms with Crippen molar-refractivity contribution in [1.29, 1.82) is 0 Å². The summed E-state index contributed by atoms with van der Waals surface area (Å²) in [5.74, 6) is -5.94. The number of rotatable bonds is 21. The third-order valence-corrected chi connectivity index (χ3v) is 10.6. The molecule has 5 unspecified atom stereocenters. The number of nitrogens with one attached hydrogen (secondary N) is 4. The van der Waals surface area contributed by atoms with E-state index in [4.69, 9.17) is 15.2 Å². The van der Waals surface area contributed by atoms with Gasteiger partial charge >= 0.3 is 5.97 Å². The van der Waals surface area contributed by atoms with E-state index >= 15 is 0 Å². The van der Waals surface area contributed by atoms with Crippen LogP contribution in [0.2, 0.25) is 0 Å². The molecule has 2 aliphatic rings. The molecule has 332 valence electrons. The number of nitrogens with two attached hydrogens (primary N) is 1. The molecular formula is C45H62N6O10. The molecule has 1 saturated carbocycles. The van der Waals surface area contributed by atoms with Crippen LogP contribution in [0.5, 0.6) is 0 Å². The number of ketones is 1. The second-order valence-corrected chi connectivity index (χ2v) is 16.7. The summed E-state index contributed by atoms with van der Waals surface area (Å²) in [5.41, 5.74) is 6.10. The number of Topliss-reactive ketones (excluding diaryl/α,β-unsaturated/α-hetero) is 1. The van der Waals surface area contributed by atoms with Gasteiger partial charge in [0, 0.05) is 25.3 Å². The first-order valence-electron chi connectivity index (χ1n) is 21.3. The highest BCUT2D eigenvalue weighted by atomic mass is 16.6. The average molecular weight is 847 g/mol. The maximum atomic E-state index is 14.6. The molecule has 0 spiro atoms. The van der Waals surface area contributed by atoms with Gasteiger partial charge in [-0.2, -0.15) is 0 Å². The van der Waals surface area contributed by atoms with Gasteiger partial charge in [0.15, 0.2) is 0 Å². The van der Waals surface area contributed by atoms with Crippen molar-refractivity contribution < 1.29 is 47.8 Å². The second-order valence-electron chi connectivity index (χ2n) is 16.7. The van der Waals surface area contributed by atoms with Gasteiger partial charge in [-0.1, -0.05) is 93.3 Å². The van der Waals surface area contributed by atoms with Crippen LogP contribution in [0, 0.1) is 5.92 Å². The lowest BCUT2D eigenvalue weighted by molar-refractivity contribution is -0.155. The van der Waals surface area contributed by atoms with Crippen molar-refractivity contribution in [2.75, 3.05) is 13.1 Å². The molecular weight excluding hydrogens is 785 g/mol. The molecule has 16 heteroatoms. The molecule has 61 heavy (non-hydrogen) atoms. The van der Waals surface area contributed by atoms with E-state index < -0.39 is 83.7 Å². The monoisotopic (exact) mass is 846 g/mol. The molecule has 0 aromatic heterocycles. The van der Waals surface area contributed by atoms with E-state index in [-0.39, 0.29) is 57.1 Å². The standard InChI is InChI=1S/C45H62N6O10/c1-5-16-33(39(54)43(58)47-26-36(52)50-38(40(46)55)30-19-11-7-12-20-30)48-42(57)35-25-32(60-28-29-17-9-6-10-18-29)27-51(35)44(59)34(23-15-24-37(53)61-45(2,3)4)49-41(56)31-21-13-8-14-22-31/h6-7,9-12,17-20,31-35,38H,5,8,13-16,21-28H2,1-4H3,(H2,46,55)(H,47,58)(H,48,57)(H,49,56)(H,50,52). The molecule has 16 nitrogen and oxygen atoms in total. The Morgan fingerprint density at radius 1 is 0.820 bits per heavy atom. The number of primary amides is 1. The highest BCUT2D eigenvalue weighted by Crippen LogP contribution is 2.27. The van der Waals surface area contributed by atoms with Crippen LogP contribution in [0.3, 0.4) is 0 Å². The third kappa shape index (κ3) is 15.4. The normalized spacial score (nSPS) is 18.2. The molecule has 6 amide bonds. The van der Waals surface area contributed by atoms with Gasteiger partial charge in [0.2, 0.25) is 35.3 Å². The maximum Gasteiger partial charge on any atom is 0.306 e. The number of likely N-dealkylation sites (tertiary alicyclic amines) is 1. The van der Waals surface area contributed by atoms with Crippen molar-refractivity contribution in [3.63, 3.8) is 0 Å². The number of hydrogen-bond donors (Lipinski definition) is 5. The molecule has 1 saturated heterocycles. The molecule has 0 bridgehead atoms. The SMILES string of the molecule is CCCC(NC(=O)C1CC(OCc2ccccc2)CN1C(=O)C(CCCC(=O)OC(C)(C)C)NC(=O)C1CCCCC1)C(=O)C(=O)NCC(=O)NC(C(N)=O)c1ccccc1. The van der Waals surface area contributed by atoms with Crippen LogP contribution < -0.4 is 27.0 Å². The van der Waals surface area contributed by atoms with Gasteiger partial charge in [-0.25, -0.2) is 0 Å². The molecule has 4 rings (SSSR count). The van der Waals surface area contributed by atoms with Crippen LogP contribution in [0.1, 0.15) is 115 Å². The summed E-state index contributed by atoms with van der Waals surface area (Å²) in [7, 11) is 0. The molecule has 5 atom stereocenters. The average Bonchev–Trinajstić information content (AvgIpc) is 3.67. The lowest BCUT2D eigenvalue weighted by Gasteiger charge is -2.31. The smallest absolute Gasteiger partial charge is 0.306 e. The van der Waals surface area contributed by atoms with Gasteiger partial charge in [-0.3, -0.25) is 38.4 Å². The number of nitrogens with zero attached hydrogens (tertiary/aromatic N) is 1. The fraction of sp³-hybridized carbons (Fsp3) is 0.556. The van der Waals surface area contributed by atoms with E-state index in [1.54, 1.807) is 58.0 Å². The van der Waals surface area contributed by atoms with Crippen LogP contribution in [0.4, 0.5) is 0 Å². The molecule has 1 aliphatic carbocycles. The van der Waals surface area contributed by atoms with Crippen molar-refractivity contribution in [3.05, 3.63) is 71.8 Å². The van der Waals surface area contributed by atoms with E-state index in [9.17, 15) is 38.4 Å². The molecule has 0 radical (unpaired) electrons. The van der Waals surface area contributed by atoms with Crippen LogP contribution in [0.15, 0.2) is 60.7 Å². The first-order chi connectivity index (χ1) is 29.1. The van der Waals surface area contributed by atoms with E-state index in [1.165, 1.54) is 4.90 Å². The van der Waals surface area contributed by atoms with Crippen LogP contribution in [-0.2, 0) is 54.4 Å². The zero-order valence-corrected chi connectivity index (χ0v) is 35.7. The van der Waals surface area contributed by atoms with Crippen molar-refractivity contribution in [1.82, 2.24) is 26.2 Å². The molecule has 2 aromatic rings. The number of carbonyl (C=O) groups excluding carboxylic acids is 8. The van der Waals surface area contributed by atoms with Crippen molar-refractivity contribution in [2.24, 2.45) is 11.7 Å². The minimum atomic E-state index is -1.31. The van der Waals surface area contributed by atoms with Crippen molar-refractivity contribution >= 4 is 47.2 Å². The van der Waals surface area contributed by atoms with Gasteiger partial charge < -0.3 is 41.4 Å². The zero-order valence-electron chi connectivity index (χ0n) is 35.7. The van der Waals surface area contributed by atoms with E-state index in [0.717, 1.165) is 24.8 Å². The zero-order chi connectivity index (χ0) is 44.5. The number of esters is 1. The van der Waals surface area contributed by atoms with Crippen molar-refractivity contribution in [3.8, 4) is 0 Å². The van der Waals surface area contributed by atoms with Crippen LogP contribution in [0.25, 0.3) is 0 Å². The minimum absolute atomic E-state index is 0.00286. The predicted octanol–water partition coefficient (Wildman–Crippen LogP) is 3.06. The van der Waals surface area contributed by atoms with Crippen molar-refractivity contribution in [2.45, 2.75) is 141 Å². The van der Waals surface area contributed by atoms with E-state index in [0.29, 0.717) is 24.8 Å². The fourth-order valence-corrected chi connectivity index (χ4v) is 7.56. The van der Waals surface area contributed by atoms with Gasteiger partial charge in [0.05, 0.1) is 25.3 Å². The van der Waals surface area contributed by atoms with Gasteiger partial charge in [-0.05, 0) is 64.0 Å². The molecule has 1 heterocycles. The Hall–Kier alpha value is -5.64. The Kier molecular flexibility index (Phi) is 18.4. The summed E-state index contributed by atoms with van der Waals surface area (Å²) >= 11 is 0. The Balaban J connectivity index is 1.50. The summed E-state index contributed by atoms with van der Waals surface area (Å²) in [6.45, 7) is 6.60. The van der Waals surface area contributed by atoms with E-state index in [2.05, 4.69) is 21.3 Å². The second kappa shape index (κ2) is 23.4. The largest absolute Gasteiger partial charge is 0.460 e. The summed E-state index contributed by atoms with van der Waals surface area (Å²) in [5, 5.41) is 10.3. The Bertz CT molecular complexity index is 1830. The number of hydrogen-bond acceptors (Lipinski definition) is 10. The molecule has 6 N–H and O–H groups in total. The quantitative estimate of drug-likeness (QED) is 0.0911. The highest BCUT2D eigenvalue weighted by Gasteiger charge is 2.44. The third-order valence-electron chi connectivity index (χ3n) is 10.6. The lowest BCUT2D eigenvalue weighted by atomic mass is 9.88. The number of benzene rings is 2. The summed E-state index contributed by atoms with van der Waals surface area (Å²) in [4.78, 5) is 108. The van der Waals surface area contributed by atoms with Gasteiger partial charge in [0.1, 0.15) is 23.7 Å². The maximum absolute atomic E-state index is 14.6. The molecule has 1 aliphatic heterocycles. The molecule has 2 fully saturated rings. The lowest BCUT2D eigenvalue weighted by Crippen LogP contribution is -2.57. The number of amides is 6. The fourth-order valence-electron chi connectivity index (χ4n) is 7.56. The summed E-state index contributed by atoms with van der Waals surface area (Å²) < 4.78 is 11.7. The Labute approximate surface area is 357 Å². The molecule has 2 aromatic carbocycles. The van der Waals surface area contributed by atoms with Crippen LogP contribution in [-0.4, -0.2) is 95.0 Å². The summed E-state index contributed by atoms with van der Waals surface area (Å²) in [6, 6.07) is 13.0. The Morgan fingerprint density at radius 3 is 2.08 bits per heavy atom. The van der Waals surface area contributed by atoms with Gasteiger partial charge in [-0.15, -0.1) is 0 Å².